The van der Waals surface area contributed by atoms with Gasteiger partial charge >= 0.3 is 0 Å². The molecule has 1 aliphatic rings. The number of hydrogen-bond donors (Lipinski definition) is 1. The highest BCUT2D eigenvalue weighted by Gasteiger charge is 2.29. The fourth-order valence-electron chi connectivity index (χ4n) is 4.18. The Labute approximate surface area is 171 Å². The van der Waals surface area contributed by atoms with E-state index >= 15 is 0 Å². The van der Waals surface area contributed by atoms with Gasteiger partial charge in [-0.25, -0.2) is 17.7 Å². The second kappa shape index (κ2) is 7.62. The van der Waals surface area contributed by atoms with Gasteiger partial charge in [-0.1, -0.05) is 6.92 Å². The first-order valence-electron chi connectivity index (χ1n) is 9.63. The Kier molecular flexibility index (Phi) is 5.13. The molecule has 0 unspecified atom stereocenters. The molecule has 6 nitrogen and oxygen atoms in total. The minimum atomic E-state index is -2.38. The van der Waals surface area contributed by atoms with E-state index in [-0.39, 0.29) is 35.8 Å². The lowest BCUT2D eigenvalue weighted by Gasteiger charge is -2.28. The average Bonchev–Trinajstić information content (AvgIpc) is 3.10. The van der Waals surface area contributed by atoms with Crippen LogP contribution in [0.5, 0.6) is 5.88 Å². The van der Waals surface area contributed by atoms with E-state index in [1.165, 1.54) is 17.7 Å². The first-order valence-corrected chi connectivity index (χ1v) is 9.63. The van der Waals surface area contributed by atoms with E-state index in [4.69, 9.17) is 10.5 Å². The molecule has 0 amide bonds. The van der Waals surface area contributed by atoms with Gasteiger partial charge in [-0.2, -0.15) is 4.98 Å². The number of anilines is 1. The van der Waals surface area contributed by atoms with Gasteiger partial charge in [0.1, 0.15) is 17.0 Å². The normalized spacial score (nSPS) is 17.2. The van der Waals surface area contributed by atoms with Crippen molar-refractivity contribution >= 4 is 22.9 Å². The zero-order chi connectivity index (χ0) is 21.6. The van der Waals surface area contributed by atoms with Crippen molar-refractivity contribution in [3.8, 4) is 17.0 Å². The largest absolute Gasteiger partial charge is 0.479 e. The molecule has 0 radical (unpaired) electrons. The summed E-state index contributed by atoms with van der Waals surface area (Å²) in [5.74, 6) is -0.557. The Morgan fingerprint density at radius 3 is 2.80 bits per heavy atom. The Balaban J connectivity index is 1.80. The third-order valence-electron chi connectivity index (χ3n) is 5.64. The number of alkyl halides is 2. The van der Waals surface area contributed by atoms with Crippen molar-refractivity contribution in [1.82, 2.24) is 14.6 Å². The van der Waals surface area contributed by atoms with E-state index in [0.29, 0.717) is 34.3 Å². The minimum absolute atomic E-state index is 0.0544. The number of nitrogens with zero attached hydrogens (tertiary/aromatic N) is 4. The molecule has 0 fully saturated rings. The summed E-state index contributed by atoms with van der Waals surface area (Å²) in [4.78, 5) is 8.51. The maximum Gasteiger partial charge on any atom is 0.243 e. The van der Waals surface area contributed by atoms with Crippen molar-refractivity contribution in [1.29, 1.82) is 0 Å². The molecule has 3 aromatic rings. The summed E-state index contributed by atoms with van der Waals surface area (Å²) in [5, 5.41) is 4.13. The molecule has 0 saturated carbocycles. The maximum absolute atomic E-state index is 15.0. The molecular formula is C21H22F3N5O. The number of nitrogen functional groups attached to an aromatic ring is 1. The van der Waals surface area contributed by atoms with E-state index in [0.717, 1.165) is 0 Å². The van der Waals surface area contributed by atoms with Crippen LogP contribution in [0.2, 0.25) is 0 Å². The predicted molar refractivity (Wildman–Crippen MR) is 109 cm³/mol. The number of aromatic nitrogens is 3. The van der Waals surface area contributed by atoms with Gasteiger partial charge in [-0.15, -0.1) is 5.10 Å². The maximum atomic E-state index is 15.0. The van der Waals surface area contributed by atoms with Crippen LogP contribution in [0.1, 0.15) is 25.8 Å². The number of nitrogens with two attached hydrogens (primary N) is 1. The van der Waals surface area contributed by atoms with Crippen LogP contribution in [0.15, 0.2) is 29.4 Å². The second-order valence-corrected chi connectivity index (χ2v) is 7.64. The SMILES string of the molecule is COc1nc(N)nn2ccc(-c3cc(F)c4c(c3)C[C@H]([C@H](C)CC(F)F)C(C)=N4)c12. The standard InChI is InChI=1S/C21H22F3N5O/c1-10(6-17(23)24)15-8-13-7-12(9-16(22)18(13)26-11(15)2)14-4-5-29-19(14)20(30-3)27-21(25)28-29/h4-5,7,9-10,15,17H,6,8H2,1-3H3,(H2,25,28)/t10-,15-/m1/s1. The van der Waals surface area contributed by atoms with Gasteiger partial charge in [-0.3, -0.25) is 4.99 Å². The van der Waals surface area contributed by atoms with Crippen molar-refractivity contribution in [2.45, 2.75) is 33.1 Å². The van der Waals surface area contributed by atoms with E-state index in [9.17, 15) is 13.2 Å². The topological polar surface area (TPSA) is 77.8 Å². The number of fused-ring (bicyclic) bond motifs is 2. The number of rotatable bonds is 5. The molecule has 158 valence electrons. The minimum Gasteiger partial charge on any atom is -0.479 e. The number of halogens is 3. The molecule has 2 atom stereocenters. The lowest BCUT2D eigenvalue weighted by atomic mass is 9.80. The monoisotopic (exact) mass is 417 g/mol. The van der Waals surface area contributed by atoms with Crippen LogP contribution in [0.3, 0.4) is 0 Å². The summed E-state index contributed by atoms with van der Waals surface area (Å²) in [7, 11) is 1.47. The molecule has 2 aromatic heterocycles. The molecule has 0 saturated heterocycles. The zero-order valence-electron chi connectivity index (χ0n) is 16.9. The summed E-state index contributed by atoms with van der Waals surface area (Å²) < 4.78 is 47.6. The number of hydrogen-bond acceptors (Lipinski definition) is 5. The number of aliphatic imine (C=N–C) groups is 1. The smallest absolute Gasteiger partial charge is 0.243 e. The number of benzene rings is 1. The van der Waals surface area contributed by atoms with E-state index in [1.807, 2.05) is 6.07 Å². The molecule has 1 aromatic carbocycles. The fraction of sp³-hybridized carbons (Fsp3) is 0.381. The Morgan fingerprint density at radius 1 is 1.33 bits per heavy atom. The molecule has 9 heteroatoms. The van der Waals surface area contributed by atoms with Crippen LogP contribution < -0.4 is 10.5 Å². The summed E-state index contributed by atoms with van der Waals surface area (Å²) in [6, 6.07) is 5.03. The molecule has 4 rings (SSSR count). The fourth-order valence-corrected chi connectivity index (χ4v) is 4.18. The highest BCUT2D eigenvalue weighted by Crippen LogP contribution is 2.40. The Bertz CT molecular complexity index is 1140. The quantitative estimate of drug-likeness (QED) is 0.654. The molecule has 1 aliphatic heterocycles. The van der Waals surface area contributed by atoms with Gasteiger partial charge < -0.3 is 10.5 Å². The van der Waals surface area contributed by atoms with E-state index in [2.05, 4.69) is 15.1 Å². The van der Waals surface area contributed by atoms with Crippen molar-refractivity contribution < 1.29 is 17.9 Å². The highest BCUT2D eigenvalue weighted by molar-refractivity contribution is 5.91. The van der Waals surface area contributed by atoms with Crippen LogP contribution in [-0.4, -0.2) is 33.8 Å². The molecule has 30 heavy (non-hydrogen) atoms. The zero-order valence-corrected chi connectivity index (χ0v) is 16.9. The van der Waals surface area contributed by atoms with Gasteiger partial charge in [-0.05, 0) is 48.6 Å². The van der Waals surface area contributed by atoms with Crippen molar-refractivity contribution in [2.75, 3.05) is 12.8 Å². The molecule has 3 heterocycles. The third-order valence-corrected chi connectivity index (χ3v) is 5.64. The summed E-state index contributed by atoms with van der Waals surface area (Å²) >= 11 is 0. The predicted octanol–water partition coefficient (Wildman–Crippen LogP) is 4.68. The van der Waals surface area contributed by atoms with Crippen LogP contribution >= 0.6 is 0 Å². The van der Waals surface area contributed by atoms with Crippen LogP contribution in [0.4, 0.5) is 24.8 Å². The molecular weight excluding hydrogens is 395 g/mol. The van der Waals surface area contributed by atoms with Crippen LogP contribution in [0.25, 0.3) is 16.6 Å². The number of methoxy groups -OCH3 is 1. The van der Waals surface area contributed by atoms with Crippen LogP contribution in [0, 0.1) is 17.7 Å². The summed E-state index contributed by atoms with van der Waals surface area (Å²) in [5.41, 5.74) is 9.19. The lowest BCUT2D eigenvalue weighted by molar-refractivity contribution is 0.110. The van der Waals surface area contributed by atoms with Gasteiger partial charge in [0, 0.05) is 29.8 Å². The molecule has 0 bridgehead atoms. The Morgan fingerprint density at radius 2 is 2.10 bits per heavy atom. The molecule has 2 N–H and O–H groups in total. The summed E-state index contributed by atoms with van der Waals surface area (Å²) in [6.45, 7) is 3.56. The first kappa shape index (κ1) is 20.2. The Hall–Kier alpha value is -3.10. The average molecular weight is 417 g/mol. The highest BCUT2D eigenvalue weighted by atomic mass is 19.3. The number of ether oxygens (including phenoxy) is 1. The van der Waals surface area contributed by atoms with Gasteiger partial charge in [0.15, 0.2) is 0 Å². The van der Waals surface area contributed by atoms with Gasteiger partial charge in [0.25, 0.3) is 0 Å². The van der Waals surface area contributed by atoms with Crippen molar-refractivity contribution in [3.63, 3.8) is 0 Å². The van der Waals surface area contributed by atoms with Crippen LogP contribution in [-0.2, 0) is 6.42 Å². The molecule has 0 spiro atoms. The van der Waals surface area contributed by atoms with Gasteiger partial charge in [0.05, 0.1) is 7.11 Å². The van der Waals surface area contributed by atoms with Crippen molar-refractivity contribution in [2.24, 2.45) is 16.8 Å². The lowest BCUT2D eigenvalue weighted by Crippen LogP contribution is -2.26. The molecule has 0 aliphatic carbocycles. The van der Waals surface area contributed by atoms with Crippen molar-refractivity contribution in [3.05, 3.63) is 35.8 Å². The summed E-state index contributed by atoms with van der Waals surface area (Å²) in [6.07, 6.45) is -0.451. The van der Waals surface area contributed by atoms with Gasteiger partial charge in [0.2, 0.25) is 18.3 Å². The first-order chi connectivity index (χ1) is 14.3. The van der Waals surface area contributed by atoms with E-state index < -0.39 is 12.2 Å². The van der Waals surface area contributed by atoms with E-state index in [1.54, 1.807) is 26.1 Å². The third kappa shape index (κ3) is 3.48. The second-order valence-electron chi connectivity index (χ2n) is 7.64.